The Morgan fingerprint density at radius 3 is 3.00 bits per heavy atom. The molecule has 0 radical (unpaired) electrons. The molecule has 92 valence electrons. The second kappa shape index (κ2) is 7.74. The number of thioether (sulfide) groups is 1. The summed E-state index contributed by atoms with van der Waals surface area (Å²) in [6.45, 7) is 8.46. The first-order valence-electron chi connectivity index (χ1n) is 6.09. The molecule has 4 heteroatoms. The SMILES string of the molecule is CCSCCC(C)NCc1ccnn1CC. The highest BCUT2D eigenvalue weighted by atomic mass is 32.2. The van der Waals surface area contributed by atoms with Gasteiger partial charge in [0, 0.05) is 25.3 Å². The van der Waals surface area contributed by atoms with Crippen molar-refractivity contribution in [2.24, 2.45) is 0 Å². The van der Waals surface area contributed by atoms with Gasteiger partial charge in [-0.3, -0.25) is 4.68 Å². The molecule has 0 saturated carbocycles. The highest BCUT2D eigenvalue weighted by Gasteiger charge is 2.04. The average Bonchev–Trinajstić information content (AvgIpc) is 2.74. The van der Waals surface area contributed by atoms with E-state index < -0.39 is 0 Å². The fourth-order valence-electron chi connectivity index (χ4n) is 1.58. The van der Waals surface area contributed by atoms with Crippen LogP contribution in [0.2, 0.25) is 0 Å². The number of aromatic nitrogens is 2. The van der Waals surface area contributed by atoms with Gasteiger partial charge in [0.1, 0.15) is 0 Å². The second-order valence-electron chi connectivity index (χ2n) is 3.91. The number of hydrogen-bond acceptors (Lipinski definition) is 3. The minimum Gasteiger partial charge on any atom is -0.309 e. The van der Waals surface area contributed by atoms with Gasteiger partial charge < -0.3 is 5.32 Å². The Balaban J connectivity index is 2.23. The van der Waals surface area contributed by atoms with Gasteiger partial charge >= 0.3 is 0 Å². The molecule has 0 aromatic carbocycles. The lowest BCUT2D eigenvalue weighted by Crippen LogP contribution is -2.27. The Morgan fingerprint density at radius 2 is 2.31 bits per heavy atom. The van der Waals surface area contributed by atoms with Gasteiger partial charge in [0.05, 0.1) is 5.69 Å². The van der Waals surface area contributed by atoms with Crippen LogP contribution in [0.1, 0.15) is 32.9 Å². The average molecular weight is 241 g/mol. The fraction of sp³-hybridized carbons (Fsp3) is 0.750. The lowest BCUT2D eigenvalue weighted by atomic mass is 10.2. The van der Waals surface area contributed by atoms with Crippen molar-refractivity contribution in [2.75, 3.05) is 11.5 Å². The molecule has 1 N–H and O–H groups in total. The number of hydrogen-bond donors (Lipinski definition) is 1. The van der Waals surface area contributed by atoms with E-state index in [0.717, 1.165) is 13.1 Å². The van der Waals surface area contributed by atoms with Crippen LogP contribution in [-0.2, 0) is 13.1 Å². The number of aryl methyl sites for hydroxylation is 1. The van der Waals surface area contributed by atoms with Crippen molar-refractivity contribution in [2.45, 2.75) is 46.3 Å². The van der Waals surface area contributed by atoms with E-state index in [0.29, 0.717) is 6.04 Å². The summed E-state index contributed by atoms with van der Waals surface area (Å²) in [5.74, 6) is 2.47. The van der Waals surface area contributed by atoms with Crippen molar-refractivity contribution < 1.29 is 0 Å². The number of rotatable bonds is 8. The third-order valence-electron chi connectivity index (χ3n) is 2.64. The molecule has 1 atom stereocenters. The molecule has 0 aliphatic heterocycles. The maximum atomic E-state index is 4.26. The summed E-state index contributed by atoms with van der Waals surface area (Å²) in [5, 5.41) is 7.81. The molecule has 16 heavy (non-hydrogen) atoms. The maximum Gasteiger partial charge on any atom is 0.0522 e. The van der Waals surface area contributed by atoms with Gasteiger partial charge in [0.2, 0.25) is 0 Å². The number of nitrogens with one attached hydrogen (secondary N) is 1. The predicted octanol–water partition coefficient (Wildman–Crippen LogP) is 2.52. The standard InChI is InChI=1S/C12H23N3S/c1-4-15-12(6-8-14-15)10-13-11(3)7-9-16-5-2/h6,8,11,13H,4-5,7,9-10H2,1-3H3. The van der Waals surface area contributed by atoms with Crippen molar-refractivity contribution >= 4 is 11.8 Å². The molecule has 0 aliphatic rings. The normalized spacial score (nSPS) is 12.9. The van der Waals surface area contributed by atoms with Crippen LogP contribution in [0.4, 0.5) is 0 Å². The van der Waals surface area contributed by atoms with E-state index in [4.69, 9.17) is 0 Å². The molecular weight excluding hydrogens is 218 g/mol. The lowest BCUT2D eigenvalue weighted by molar-refractivity contribution is 0.508. The van der Waals surface area contributed by atoms with E-state index in [-0.39, 0.29) is 0 Å². The predicted molar refractivity (Wildman–Crippen MR) is 71.8 cm³/mol. The summed E-state index contributed by atoms with van der Waals surface area (Å²) < 4.78 is 2.04. The van der Waals surface area contributed by atoms with Crippen LogP contribution in [-0.4, -0.2) is 27.3 Å². The van der Waals surface area contributed by atoms with Crippen LogP contribution in [0, 0.1) is 0 Å². The topological polar surface area (TPSA) is 29.9 Å². The molecule has 1 unspecified atom stereocenters. The Hall–Kier alpha value is -0.480. The molecule has 1 aromatic heterocycles. The molecule has 0 aliphatic carbocycles. The molecule has 3 nitrogen and oxygen atoms in total. The smallest absolute Gasteiger partial charge is 0.0522 e. The minimum atomic E-state index is 0.583. The Kier molecular flexibility index (Phi) is 6.57. The van der Waals surface area contributed by atoms with Crippen LogP contribution >= 0.6 is 11.8 Å². The molecule has 1 aromatic rings. The van der Waals surface area contributed by atoms with E-state index in [1.165, 1.54) is 23.6 Å². The van der Waals surface area contributed by atoms with Gasteiger partial charge in [-0.1, -0.05) is 6.92 Å². The molecule has 0 saturated heterocycles. The van der Waals surface area contributed by atoms with E-state index in [1.807, 2.05) is 22.6 Å². The summed E-state index contributed by atoms with van der Waals surface area (Å²) in [4.78, 5) is 0. The molecule has 0 bridgehead atoms. The first-order valence-corrected chi connectivity index (χ1v) is 7.25. The van der Waals surface area contributed by atoms with E-state index in [9.17, 15) is 0 Å². The first kappa shape index (κ1) is 13.6. The van der Waals surface area contributed by atoms with Gasteiger partial charge in [-0.05, 0) is 37.8 Å². The van der Waals surface area contributed by atoms with Gasteiger partial charge in [0.15, 0.2) is 0 Å². The van der Waals surface area contributed by atoms with Crippen molar-refractivity contribution in [3.8, 4) is 0 Å². The molecule has 0 amide bonds. The fourth-order valence-corrected chi connectivity index (χ4v) is 2.39. The highest BCUT2D eigenvalue weighted by Crippen LogP contribution is 2.05. The van der Waals surface area contributed by atoms with Crippen molar-refractivity contribution in [3.05, 3.63) is 18.0 Å². The first-order chi connectivity index (χ1) is 7.77. The van der Waals surface area contributed by atoms with Gasteiger partial charge in [-0.15, -0.1) is 0 Å². The Bertz CT molecular complexity index is 286. The van der Waals surface area contributed by atoms with E-state index >= 15 is 0 Å². The van der Waals surface area contributed by atoms with Crippen LogP contribution in [0.3, 0.4) is 0 Å². The van der Waals surface area contributed by atoms with Gasteiger partial charge in [-0.2, -0.15) is 16.9 Å². The summed E-state index contributed by atoms with van der Waals surface area (Å²) in [5.41, 5.74) is 1.28. The summed E-state index contributed by atoms with van der Waals surface area (Å²) in [6, 6.07) is 2.67. The van der Waals surface area contributed by atoms with Crippen LogP contribution in [0.25, 0.3) is 0 Å². The molecule has 1 rings (SSSR count). The van der Waals surface area contributed by atoms with Gasteiger partial charge in [-0.25, -0.2) is 0 Å². The second-order valence-corrected chi connectivity index (χ2v) is 5.30. The van der Waals surface area contributed by atoms with Crippen LogP contribution in [0.15, 0.2) is 12.3 Å². The van der Waals surface area contributed by atoms with Crippen LogP contribution in [0.5, 0.6) is 0 Å². The van der Waals surface area contributed by atoms with E-state index in [2.05, 4.69) is 37.3 Å². The highest BCUT2D eigenvalue weighted by molar-refractivity contribution is 7.99. The third kappa shape index (κ3) is 4.58. The third-order valence-corrected chi connectivity index (χ3v) is 3.57. The largest absolute Gasteiger partial charge is 0.309 e. The quantitative estimate of drug-likeness (QED) is 0.709. The van der Waals surface area contributed by atoms with Crippen molar-refractivity contribution in [1.82, 2.24) is 15.1 Å². The maximum absolute atomic E-state index is 4.26. The lowest BCUT2D eigenvalue weighted by Gasteiger charge is -2.13. The zero-order valence-corrected chi connectivity index (χ0v) is 11.4. The van der Waals surface area contributed by atoms with E-state index in [1.54, 1.807) is 0 Å². The number of nitrogens with zero attached hydrogens (tertiary/aromatic N) is 2. The minimum absolute atomic E-state index is 0.583. The monoisotopic (exact) mass is 241 g/mol. The molecule has 0 spiro atoms. The zero-order chi connectivity index (χ0) is 11.8. The van der Waals surface area contributed by atoms with Crippen molar-refractivity contribution in [3.63, 3.8) is 0 Å². The van der Waals surface area contributed by atoms with Gasteiger partial charge in [0.25, 0.3) is 0 Å². The molecular formula is C12H23N3S. The molecule has 0 fully saturated rings. The Labute approximate surface area is 103 Å². The van der Waals surface area contributed by atoms with Crippen LogP contribution < -0.4 is 5.32 Å². The summed E-state index contributed by atoms with van der Waals surface area (Å²) in [6.07, 6.45) is 3.11. The summed E-state index contributed by atoms with van der Waals surface area (Å²) in [7, 11) is 0. The zero-order valence-electron chi connectivity index (χ0n) is 10.6. The van der Waals surface area contributed by atoms with Crippen molar-refractivity contribution in [1.29, 1.82) is 0 Å². The molecule has 1 heterocycles. The summed E-state index contributed by atoms with van der Waals surface area (Å²) >= 11 is 2.01. The Morgan fingerprint density at radius 1 is 1.50 bits per heavy atom.